The number of hydrogen-bond donors (Lipinski definition) is 2. The van der Waals surface area contributed by atoms with Crippen LogP contribution in [0.2, 0.25) is 4.34 Å². The van der Waals surface area contributed by atoms with Crippen LogP contribution in [0.1, 0.15) is 19.3 Å². The molecule has 1 aromatic rings. The lowest BCUT2D eigenvalue weighted by Crippen LogP contribution is -2.31. The number of rotatable bonds is 1. The third-order valence-electron chi connectivity index (χ3n) is 2.64. The molecule has 1 aromatic heterocycles. The maximum atomic E-state index is 6.06. The molecule has 2 N–H and O–H groups in total. The van der Waals surface area contributed by atoms with Crippen molar-refractivity contribution < 1.29 is 0 Å². The molecule has 16 heavy (non-hydrogen) atoms. The average Bonchev–Trinajstić information content (AvgIpc) is 2.49. The van der Waals surface area contributed by atoms with E-state index in [0.29, 0.717) is 6.04 Å². The molecule has 0 radical (unpaired) electrons. The van der Waals surface area contributed by atoms with E-state index >= 15 is 0 Å². The molecule has 0 amide bonds. The Morgan fingerprint density at radius 2 is 2.25 bits per heavy atom. The molecular formula is C9H9BrClN3S2. The molecule has 1 saturated carbocycles. The number of guanidine groups is 1. The van der Waals surface area contributed by atoms with Gasteiger partial charge in [0.25, 0.3) is 0 Å². The smallest absolute Gasteiger partial charge is 0.207 e. The Morgan fingerprint density at radius 3 is 2.94 bits per heavy atom. The SMILES string of the molecule is Clc1sc2c(c1Br)SNC(=NC1CCC1)N2. The van der Waals surface area contributed by atoms with Crippen molar-refractivity contribution in [2.24, 2.45) is 4.99 Å². The Hall–Kier alpha value is 0.0900. The Labute approximate surface area is 115 Å². The molecule has 2 aliphatic rings. The van der Waals surface area contributed by atoms with E-state index in [9.17, 15) is 0 Å². The van der Waals surface area contributed by atoms with Crippen molar-refractivity contribution in [2.75, 3.05) is 5.32 Å². The third kappa shape index (κ3) is 1.96. The van der Waals surface area contributed by atoms with Gasteiger partial charge in [0.2, 0.25) is 5.96 Å². The van der Waals surface area contributed by atoms with Gasteiger partial charge in [-0.05, 0) is 47.1 Å². The van der Waals surface area contributed by atoms with E-state index in [2.05, 4.69) is 31.0 Å². The molecule has 0 bridgehead atoms. The van der Waals surface area contributed by atoms with Crippen molar-refractivity contribution in [1.82, 2.24) is 4.72 Å². The maximum absolute atomic E-state index is 6.06. The first-order chi connectivity index (χ1) is 7.74. The van der Waals surface area contributed by atoms with E-state index in [4.69, 9.17) is 11.6 Å². The molecule has 7 heteroatoms. The first kappa shape index (κ1) is 11.2. The van der Waals surface area contributed by atoms with Crippen molar-refractivity contribution in [1.29, 1.82) is 0 Å². The van der Waals surface area contributed by atoms with Crippen LogP contribution in [-0.2, 0) is 0 Å². The minimum absolute atomic E-state index is 0.496. The van der Waals surface area contributed by atoms with Gasteiger partial charge in [-0.3, -0.25) is 4.72 Å². The third-order valence-corrected chi connectivity index (χ3v) is 6.54. The van der Waals surface area contributed by atoms with Gasteiger partial charge in [-0.1, -0.05) is 11.6 Å². The highest BCUT2D eigenvalue weighted by Gasteiger charge is 2.24. The lowest BCUT2D eigenvalue weighted by Gasteiger charge is -2.24. The number of nitrogens with one attached hydrogen (secondary N) is 2. The van der Waals surface area contributed by atoms with Crippen molar-refractivity contribution in [2.45, 2.75) is 30.2 Å². The molecule has 0 spiro atoms. The van der Waals surface area contributed by atoms with Crippen molar-refractivity contribution in [3.05, 3.63) is 8.81 Å². The Kier molecular flexibility index (Phi) is 3.08. The number of nitrogens with zero attached hydrogens (tertiary/aromatic N) is 1. The molecule has 0 aromatic carbocycles. The lowest BCUT2D eigenvalue weighted by molar-refractivity contribution is 0.419. The molecule has 3 rings (SSSR count). The zero-order chi connectivity index (χ0) is 11.1. The molecule has 1 aliphatic carbocycles. The van der Waals surface area contributed by atoms with Gasteiger partial charge in [0.05, 0.1) is 15.4 Å². The summed E-state index contributed by atoms with van der Waals surface area (Å²) in [5.41, 5.74) is 0. The van der Waals surface area contributed by atoms with Crippen LogP contribution in [0.15, 0.2) is 14.4 Å². The predicted molar refractivity (Wildman–Crippen MR) is 74.7 cm³/mol. The summed E-state index contributed by atoms with van der Waals surface area (Å²) in [6, 6.07) is 0.496. The number of halogens is 2. The molecule has 0 atom stereocenters. The number of aliphatic imine (C=N–C) groups is 1. The summed E-state index contributed by atoms with van der Waals surface area (Å²) < 4.78 is 4.94. The zero-order valence-corrected chi connectivity index (χ0v) is 12.2. The van der Waals surface area contributed by atoms with Crippen LogP contribution in [0.5, 0.6) is 0 Å². The van der Waals surface area contributed by atoms with E-state index in [-0.39, 0.29) is 0 Å². The predicted octanol–water partition coefficient (Wildman–Crippen LogP) is 4.09. The van der Waals surface area contributed by atoms with E-state index in [0.717, 1.165) is 24.7 Å². The van der Waals surface area contributed by atoms with Gasteiger partial charge in [-0.15, -0.1) is 11.3 Å². The zero-order valence-electron chi connectivity index (χ0n) is 8.22. The minimum Gasteiger partial charge on any atom is -0.316 e. The molecule has 0 unspecified atom stereocenters. The van der Waals surface area contributed by atoms with E-state index in [1.165, 1.54) is 30.6 Å². The van der Waals surface area contributed by atoms with Crippen molar-refractivity contribution in [3.63, 3.8) is 0 Å². The van der Waals surface area contributed by atoms with Crippen molar-refractivity contribution >= 4 is 61.8 Å². The first-order valence-electron chi connectivity index (χ1n) is 4.99. The molecule has 1 aliphatic heterocycles. The molecule has 3 nitrogen and oxygen atoms in total. The highest BCUT2D eigenvalue weighted by Crippen LogP contribution is 2.47. The Balaban J connectivity index is 1.83. The molecule has 1 fully saturated rings. The molecule has 86 valence electrons. The fourth-order valence-electron chi connectivity index (χ4n) is 1.53. The number of anilines is 1. The summed E-state index contributed by atoms with van der Waals surface area (Å²) in [5, 5.41) is 4.35. The Morgan fingerprint density at radius 1 is 1.44 bits per heavy atom. The second-order valence-corrected chi connectivity index (χ2v) is 6.97. The summed E-state index contributed by atoms with van der Waals surface area (Å²) in [4.78, 5) is 5.71. The summed E-state index contributed by atoms with van der Waals surface area (Å²) in [6.07, 6.45) is 3.72. The van der Waals surface area contributed by atoms with Crippen LogP contribution in [-0.4, -0.2) is 12.0 Å². The van der Waals surface area contributed by atoms with E-state index in [1.54, 1.807) is 11.9 Å². The number of fused-ring (bicyclic) bond motifs is 1. The standard InChI is InChI=1S/C9H9BrClN3S2/c10-5-6-8(15-7(5)11)13-9(14-16-6)12-4-2-1-3-4/h4H,1-3H2,(H2,12,13,14). The monoisotopic (exact) mass is 337 g/mol. The van der Waals surface area contributed by atoms with Crippen LogP contribution in [0, 0.1) is 0 Å². The Bertz CT molecular complexity index is 456. The van der Waals surface area contributed by atoms with Crippen LogP contribution in [0.3, 0.4) is 0 Å². The molecular weight excluding hydrogens is 330 g/mol. The fourth-order valence-corrected chi connectivity index (χ4v) is 4.40. The largest absolute Gasteiger partial charge is 0.316 e. The van der Waals surface area contributed by atoms with Gasteiger partial charge >= 0.3 is 0 Å². The van der Waals surface area contributed by atoms with E-state index < -0.39 is 0 Å². The topological polar surface area (TPSA) is 36.4 Å². The van der Waals surface area contributed by atoms with Crippen LogP contribution in [0.25, 0.3) is 0 Å². The first-order valence-corrected chi connectivity index (χ1v) is 7.80. The summed E-state index contributed by atoms with van der Waals surface area (Å²) in [6.45, 7) is 0. The number of thiophene rings is 1. The number of hydrogen-bond acceptors (Lipinski definition) is 3. The second kappa shape index (κ2) is 4.40. The summed E-state index contributed by atoms with van der Waals surface area (Å²) in [5.74, 6) is 0.854. The van der Waals surface area contributed by atoms with Gasteiger partial charge in [0.15, 0.2) is 0 Å². The van der Waals surface area contributed by atoms with Crippen molar-refractivity contribution in [3.8, 4) is 0 Å². The summed E-state index contributed by atoms with van der Waals surface area (Å²) >= 11 is 12.6. The van der Waals surface area contributed by atoms with Gasteiger partial charge < -0.3 is 5.32 Å². The van der Waals surface area contributed by atoms with Gasteiger partial charge in [-0.2, -0.15) is 0 Å². The van der Waals surface area contributed by atoms with Gasteiger partial charge in [0, 0.05) is 0 Å². The van der Waals surface area contributed by atoms with Crippen LogP contribution in [0.4, 0.5) is 5.00 Å². The fraction of sp³-hybridized carbons (Fsp3) is 0.444. The maximum Gasteiger partial charge on any atom is 0.207 e. The molecule has 2 heterocycles. The normalized spacial score (nSPS) is 22.2. The van der Waals surface area contributed by atoms with Gasteiger partial charge in [-0.25, -0.2) is 4.99 Å². The van der Waals surface area contributed by atoms with Gasteiger partial charge in [0.1, 0.15) is 9.34 Å². The highest BCUT2D eigenvalue weighted by molar-refractivity contribution is 9.10. The molecule has 0 saturated heterocycles. The summed E-state index contributed by atoms with van der Waals surface area (Å²) in [7, 11) is 0. The average molecular weight is 339 g/mol. The van der Waals surface area contributed by atoms with E-state index in [1.807, 2.05) is 0 Å². The van der Waals surface area contributed by atoms with Crippen LogP contribution >= 0.6 is 50.8 Å². The lowest BCUT2D eigenvalue weighted by atomic mass is 9.94. The second-order valence-electron chi connectivity index (χ2n) is 3.74. The quantitative estimate of drug-likeness (QED) is 0.757. The van der Waals surface area contributed by atoms with Crippen LogP contribution < -0.4 is 10.0 Å². The highest BCUT2D eigenvalue weighted by atomic mass is 79.9. The minimum atomic E-state index is 0.496.